The lowest BCUT2D eigenvalue weighted by atomic mass is 10.2. The highest BCUT2D eigenvalue weighted by molar-refractivity contribution is 7.88. The molecule has 0 unspecified atom stereocenters. The Labute approximate surface area is 174 Å². The van der Waals surface area contributed by atoms with E-state index in [2.05, 4.69) is 0 Å². The molecule has 1 aromatic carbocycles. The molecule has 1 fully saturated rings. The fourth-order valence-corrected chi connectivity index (χ4v) is 5.16. The molecular formula is C17H22Cl2N2O6S. The first-order valence-corrected chi connectivity index (χ1v) is 10.8. The van der Waals surface area contributed by atoms with Crippen LogP contribution in [0.1, 0.15) is 26.3 Å². The number of benzene rings is 1. The van der Waals surface area contributed by atoms with E-state index in [-0.39, 0.29) is 35.2 Å². The van der Waals surface area contributed by atoms with E-state index in [0.717, 1.165) is 4.31 Å². The van der Waals surface area contributed by atoms with E-state index < -0.39 is 39.5 Å². The van der Waals surface area contributed by atoms with E-state index in [1.54, 1.807) is 26.8 Å². The second kappa shape index (κ2) is 8.44. The van der Waals surface area contributed by atoms with E-state index in [0.29, 0.717) is 0 Å². The average Bonchev–Trinajstić information content (AvgIpc) is 2.56. The van der Waals surface area contributed by atoms with E-state index in [4.69, 9.17) is 27.9 Å². The zero-order valence-electron chi connectivity index (χ0n) is 15.7. The summed E-state index contributed by atoms with van der Waals surface area (Å²) in [6.07, 6.45) is -0.690. The first-order chi connectivity index (χ1) is 12.8. The van der Waals surface area contributed by atoms with Gasteiger partial charge in [0.2, 0.25) is 10.0 Å². The summed E-state index contributed by atoms with van der Waals surface area (Å²) in [4.78, 5) is 25.1. The van der Waals surface area contributed by atoms with Crippen molar-refractivity contribution >= 4 is 45.3 Å². The molecule has 11 heteroatoms. The number of piperazine rings is 1. The number of hydrogen-bond donors (Lipinski definition) is 1. The number of carboxylic acid groups (broad SMARTS) is 1. The monoisotopic (exact) mass is 452 g/mol. The zero-order chi connectivity index (χ0) is 21.3. The summed E-state index contributed by atoms with van der Waals surface area (Å²) in [5, 5.41) is 9.89. The highest BCUT2D eigenvalue weighted by Gasteiger charge is 2.42. The molecule has 1 amide bonds. The molecule has 1 aliphatic heterocycles. The van der Waals surface area contributed by atoms with Gasteiger partial charge in [0, 0.05) is 28.7 Å². The molecule has 0 radical (unpaired) electrons. The lowest BCUT2D eigenvalue weighted by Crippen LogP contribution is -2.59. The molecule has 0 aliphatic carbocycles. The van der Waals surface area contributed by atoms with Gasteiger partial charge in [0.1, 0.15) is 11.6 Å². The van der Waals surface area contributed by atoms with Gasteiger partial charge in [0.25, 0.3) is 0 Å². The Morgan fingerprint density at radius 3 is 2.29 bits per heavy atom. The number of hydrogen-bond acceptors (Lipinski definition) is 5. The Hall–Kier alpha value is -1.55. The third-order valence-corrected chi connectivity index (χ3v) is 6.53. The van der Waals surface area contributed by atoms with Gasteiger partial charge in [-0.25, -0.2) is 13.2 Å². The fourth-order valence-electron chi connectivity index (χ4n) is 2.73. The summed E-state index contributed by atoms with van der Waals surface area (Å²) in [6, 6.07) is 3.16. The van der Waals surface area contributed by atoms with Crippen molar-refractivity contribution in [2.45, 2.75) is 38.2 Å². The van der Waals surface area contributed by atoms with Crippen molar-refractivity contribution in [1.29, 1.82) is 0 Å². The van der Waals surface area contributed by atoms with Crippen LogP contribution < -0.4 is 0 Å². The predicted octanol–water partition coefficient (Wildman–Crippen LogP) is 2.83. The number of halogens is 2. The van der Waals surface area contributed by atoms with Crippen LogP contribution in [0.25, 0.3) is 0 Å². The number of carbonyl (C=O) groups excluding carboxylic acids is 1. The van der Waals surface area contributed by atoms with Crippen LogP contribution in [0.2, 0.25) is 10.0 Å². The van der Waals surface area contributed by atoms with Crippen LogP contribution in [-0.4, -0.2) is 66.1 Å². The summed E-state index contributed by atoms with van der Waals surface area (Å²) in [5.74, 6) is -1.90. The number of amides is 1. The van der Waals surface area contributed by atoms with Crippen molar-refractivity contribution in [3.05, 3.63) is 33.8 Å². The van der Waals surface area contributed by atoms with Crippen molar-refractivity contribution in [3.63, 3.8) is 0 Å². The third kappa shape index (κ3) is 5.50. The molecule has 0 spiro atoms. The van der Waals surface area contributed by atoms with Crippen molar-refractivity contribution < 1.29 is 27.9 Å². The van der Waals surface area contributed by atoms with Gasteiger partial charge < -0.3 is 14.7 Å². The maximum atomic E-state index is 12.9. The van der Waals surface area contributed by atoms with Crippen molar-refractivity contribution in [3.8, 4) is 0 Å². The minimum Gasteiger partial charge on any atom is -0.480 e. The molecular weight excluding hydrogens is 431 g/mol. The first kappa shape index (κ1) is 22.7. The van der Waals surface area contributed by atoms with Crippen molar-refractivity contribution in [2.24, 2.45) is 0 Å². The van der Waals surface area contributed by atoms with Crippen LogP contribution in [0.4, 0.5) is 4.79 Å². The summed E-state index contributed by atoms with van der Waals surface area (Å²) < 4.78 is 31.9. The molecule has 0 aromatic heterocycles. The highest BCUT2D eigenvalue weighted by atomic mass is 35.5. The zero-order valence-corrected chi connectivity index (χ0v) is 18.0. The molecule has 1 N–H and O–H groups in total. The normalized spacial score (nSPS) is 18.8. The minimum atomic E-state index is -4.06. The first-order valence-electron chi connectivity index (χ1n) is 8.45. The molecule has 1 aromatic rings. The molecule has 0 saturated carbocycles. The Morgan fingerprint density at radius 1 is 1.21 bits per heavy atom. The van der Waals surface area contributed by atoms with Gasteiger partial charge in [-0.1, -0.05) is 29.3 Å². The van der Waals surface area contributed by atoms with Crippen molar-refractivity contribution in [1.82, 2.24) is 9.21 Å². The van der Waals surface area contributed by atoms with E-state index in [1.165, 1.54) is 17.0 Å². The predicted molar refractivity (Wildman–Crippen MR) is 105 cm³/mol. The number of aliphatic carboxylic acids is 1. The summed E-state index contributed by atoms with van der Waals surface area (Å²) >= 11 is 12.1. The Morgan fingerprint density at radius 2 is 1.79 bits per heavy atom. The number of sulfonamides is 1. The molecule has 156 valence electrons. The van der Waals surface area contributed by atoms with Crippen LogP contribution in [0.3, 0.4) is 0 Å². The van der Waals surface area contributed by atoms with Crippen LogP contribution >= 0.6 is 23.2 Å². The molecule has 8 nitrogen and oxygen atoms in total. The molecule has 1 saturated heterocycles. The van der Waals surface area contributed by atoms with Crippen LogP contribution in [-0.2, 0) is 25.3 Å². The van der Waals surface area contributed by atoms with Gasteiger partial charge in [-0.15, -0.1) is 0 Å². The summed E-state index contributed by atoms with van der Waals surface area (Å²) in [5.41, 5.74) is -0.552. The topological polar surface area (TPSA) is 104 Å². The fraction of sp³-hybridized carbons (Fsp3) is 0.529. The quantitative estimate of drug-likeness (QED) is 0.752. The molecule has 1 aliphatic rings. The van der Waals surface area contributed by atoms with Crippen LogP contribution in [0.5, 0.6) is 0 Å². The summed E-state index contributed by atoms with van der Waals surface area (Å²) in [6.45, 7) is 4.57. The maximum Gasteiger partial charge on any atom is 0.410 e. The maximum absolute atomic E-state index is 12.9. The lowest BCUT2D eigenvalue weighted by Gasteiger charge is -2.38. The molecule has 1 atom stereocenters. The van der Waals surface area contributed by atoms with E-state index in [1.807, 2.05) is 0 Å². The second-order valence-corrected chi connectivity index (χ2v) is 10.1. The smallest absolute Gasteiger partial charge is 0.410 e. The van der Waals surface area contributed by atoms with Gasteiger partial charge in [-0.2, -0.15) is 4.31 Å². The van der Waals surface area contributed by atoms with Crippen molar-refractivity contribution in [2.75, 3.05) is 19.6 Å². The SMILES string of the molecule is CC(C)(C)OC(=O)N1CCN(S(=O)(=O)Cc2c(Cl)cccc2Cl)[C@H](C(=O)O)C1. The number of ether oxygens (including phenoxy) is 1. The number of carbonyl (C=O) groups is 2. The van der Waals surface area contributed by atoms with Gasteiger partial charge in [-0.3, -0.25) is 4.79 Å². The van der Waals surface area contributed by atoms with E-state index >= 15 is 0 Å². The lowest BCUT2D eigenvalue weighted by molar-refractivity contribution is -0.143. The standard InChI is InChI=1S/C17H22Cl2N2O6S/c1-17(2,3)27-16(24)20-7-8-21(14(9-20)15(22)23)28(25,26)10-11-12(18)5-4-6-13(11)19/h4-6,14H,7-10H2,1-3H3,(H,22,23)/t14-/m0/s1. The molecule has 28 heavy (non-hydrogen) atoms. The molecule has 1 heterocycles. The Bertz CT molecular complexity index is 849. The van der Waals surface area contributed by atoms with Gasteiger partial charge in [-0.05, 0) is 32.9 Å². The minimum absolute atomic E-state index is 0.00811. The number of rotatable bonds is 4. The largest absolute Gasteiger partial charge is 0.480 e. The number of nitrogens with zero attached hydrogens (tertiary/aromatic N) is 2. The van der Waals surface area contributed by atoms with Gasteiger partial charge in [0.05, 0.1) is 12.3 Å². The van der Waals surface area contributed by atoms with Crippen LogP contribution in [0.15, 0.2) is 18.2 Å². The second-order valence-electron chi connectivity index (χ2n) is 7.35. The van der Waals surface area contributed by atoms with Gasteiger partial charge in [0.15, 0.2) is 0 Å². The molecule has 2 rings (SSSR count). The Kier molecular flexibility index (Phi) is 6.86. The summed E-state index contributed by atoms with van der Waals surface area (Å²) in [7, 11) is -4.06. The molecule has 0 bridgehead atoms. The highest BCUT2D eigenvalue weighted by Crippen LogP contribution is 2.28. The van der Waals surface area contributed by atoms with Crippen LogP contribution in [0, 0.1) is 0 Å². The third-order valence-electron chi connectivity index (χ3n) is 4.01. The van der Waals surface area contributed by atoms with Gasteiger partial charge >= 0.3 is 12.1 Å². The Balaban J connectivity index is 2.23. The average molecular weight is 453 g/mol. The number of carboxylic acids is 1. The van der Waals surface area contributed by atoms with E-state index in [9.17, 15) is 23.1 Å².